The molecule has 6 heteroatoms. The highest BCUT2D eigenvalue weighted by atomic mass is 16.3. The zero-order valence-electron chi connectivity index (χ0n) is 19.8. The van der Waals surface area contributed by atoms with E-state index in [1.54, 1.807) is 6.26 Å². The van der Waals surface area contributed by atoms with Gasteiger partial charge in [-0.2, -0.15) is 0 Å². The summed E-state index contributed by atoms with van der Waals surface area (Å²) in [6.45, 7) is 9.85. The van der Waals surface area contributed by atoms with Crippen molar-refractivity contribution in [1.29, 1.82) is 0 Å². The van der Waals surface area contributed by atoms with Gasteiger partial charge in [-0.1, -0.05) is 48.0 Å². The van der Waals surface area contributed by atoms with E-state index in [0.29, 0.717) is 18.4 Å². The molecule has 0 aliphatic carbocycles. The molecule has 1 aliphatic rings. The minimum atomic E-state index is 0.485. The highest BCUT2D eigenvalue weighted by molar-refractivity contribution is 5.79. The fourth-order valence-corrected chi connectivity index (χ4v) is 4.17. The zero-order chi connectivity index (χ0) is 22.9. The number of nitrogens with one attached hydrogen (secondary N) is 2. The van der Waals surface area contributed by atoms with Gasteiger partial charge in [0.25, 0.3) is 0 Å². The molecule has 174 valence electrons. The first-order valence-electron chi connectivity index (χ1n) is 12.0. The standard InChI is InChI=1S/C27H35N5O/c1-3-28-27(30-18-25-20-33-26(31-25)24-11-9-21(2)10-12-24)29-17-23-14-16-32(19-23)15-13-22-7-5-4-6-8-22/h4-12,20,23H,3,13-19H2,1-2H3,(H2,28,29,30). The number of aryl methyl sites for hydroxylation is 1. The van der Waals surface area contributed by atoms with Gasteiger partial charge in [0.2, 0.25) is 5.89 Å². The third-order valence-corrected chi connectivity index (χ3v) is 6.08. The van der Waals surface area contributed by atoms with E-state index in [9.17, 15) is 0 Å². The van der Waals surface area contributed by atoms with Crippen molar-refractivity contribution in [2.75, 3.05) is 32.7 Å². The van der Waals surface area contributed by atoms with E-state index in [0.717, 1.165) is 49.8 Å². The molecule has 0 radical (unpaired) electrons. The van der Waals surface area contributed by atoms with Crippen molar-refractivity contribution in [3.63, 3.8) is 0 Å². The molecule has 1 fully saturated rings. The molecule has 2 aromatic carbocycles. The number of likely N-dealkylation sites (tertiary alicyclic amines) is 1. The second kappa shape index (κ2) is 11.7. The average molecular weight is 446 g/mol. The van der Waals surface area contributed by atoms with E-state index in [4.69, 9.17) is 9.41 Å². The molecular formula is C27H35N5O. The summed E-state index contributed by atoms with van der Waals surface area (Å²) in [4.78, 5) is 11.9. The highest BCUT2D eigenvalue weighted by Gasteiger charge is 2.22. The molecule has 6 nitrogen and oxygen atoms in total. The van der Waals surface area contributed by atoms with E-state index in [1.165, 1.54) is 24.1 Å². The molecule has 4 rings (SSSR count). The second-order valence-electron chi connectivity index (χ2n) is 8.78. The molecule has 0 amide bonds. The van der Waals surface area contributed by atoms with Crippen molar-refractivity contribution in [1.82, 2.24) is 20.5 Å². The Labute approximate surface area is 197 Å². The number of hydrogen-bond acceptors (Lipinski definition) is 4. The van der Waals surface area contributed by atoms with Gasteiger partial charge in [-0.3, -0.25) is 0 Å². The largest absolute Gasteiger partial charge is 0.444 e. The predicted octanol–water partition coefficient (Wildman–Crippen LogP) is 4.27. The zero-order valence-corrected chi connectivity index (χ0v) is 19.8. The SMILES string of the molecule is CCNC(=NCc1coc(-c2ccc(C)cc2)n1)NCC1CCN(CCc2ccccc2)C1. The molecule has 3 aromatic rings. The van der Waals surface area contributed by atoms with Crippen molar-refractivity contribution >= 4 is 5.96 Å². The van der Waals surface area contributed by atoms with Crippen LogP contribution in [-0.2, 0) is 13.0 Å². The summed E-state index contributed by atoms with van der Waals surface area (Å²) in [6.07, 6.45) is 4.04. The third kappa shape index (κ3) is 6.93. The van der Waals surface area contributed by atoms with E-state index in [1.807, 2.05) is 12.1 Å². The lowest BCUT2D eigenvalue weighted by atomic mass is 10.1. The lowest BCUT2D eigenvalue weighted by Crippen LogP contribution is -2.40. The monoisotopic (exact) mass is 445 g/mol. The van der Waals surface area contributed by atoms with E-state index in [-0.39, 0.29) is 0 Å². The van der Waals surface area contributed by atoms with Gasteiger partial charge in [-0.15, -0.1) is 0 Å². The summed E-state index contributed by atoms with van der Waals surface area (Å²) in [7, 11) is 0. The maximum Gasteiger partial charge on any atom is 0.226 e. The number of oxazole rings is 1. The average Bonchev–Trinajstić information content (AvgIpc) is 3.50. The predicted molar refractivity (Wildman–Crippen MR) is 134 cm³/mol. The minimum absolute atomic E-state index is 0.485. The fourth-order valence-electron chi connectivity index (χ4n) is 4.17. The van der Waals surface area contributed by atoms with Crippen molar-refractivity contribution in [2.24, 2.45) is 10.9 Å². The van der Waals surface area contributed by atoms with Crippen molar-refractivity contribution in [3.8, 4) is 11.5 Å². The third-order valence-electron chi connectivity index (χ3n) is 6.08. The van der Waals surface area contributed by atoms with Gasteiger partial charge in [-0.05, 0) is 56.8 Å². The van der Waals surface area contributed by atoms with Gasteiger partial charge in [0.15, 0.2) is 5.96 Å². The number of aliphatic imine (C=N–C) groups is 1. The summed E-state index contributed by atoms with van der Waals surface area (Å²) in [5.74, 6) is 2.12. The Morgan fingerprint density at radius 3 is 2.73 bits per heavy atom. The number of aromatic nitrogens is 1. The van der Waals surface area contributed by atoms with Crippen LogP contribution in [0.2, 0.25) is 0 Å². The molecule has 1 atom stereocenters. The summed E-state index contributed by atoms with van der Waals surface area (Å²) in [6, 6.07) is 18.9. The van der Waals surface area contributed by atoms with Crippen LogP contribution in [0.5, 0.6) is 0 Å². The summed E-state index contributed by atoms with van der Waals surface area (Å²) < 4.78 is 5.66. The van der Waals surface area contributed by atoms with Crippen LogP contribution < -0.4 is 10.6 Å². The molecular weight excluding hydrogens is 410 g/mol. The molecule has 0 spiro atoms. The van der Waals surface area contributed by atoms with Gasteiger partial charge < -0.3 is 20.0 Å². The topological polar surface area (TPSA) is 65.7 Å². The van der Waals surface area contributed by atoms with Gasteiger partial charge in [-0.25, -0.2) is 9.98 Å². The van der Waals surface area contributed by atoms with Crippen LogP contribution in [0.25, 0.3) is 11.5 Å². The van der Waals surface area contributed by atoms with Gasteiger partial charge in [0, 0.05) is 31.7 Å². The van der Waals surface area contributed by atoms with E-state index < -0.39 is 0 Å². The summed E-state index contributed by atoms with van der Waals surface area (Å²) in [5.41, 5.74) is 4.45. The van der Waals surface area contributed by atoms with Crippen LogP contribution in [0, 0.1) is 12.8 Å². The molecule has 1 saturated heterocycles. The molecule has 0 saturated carbocycles. The first-order chi connectivity index (χ1) is 16.2. The van der Waals surface area contributed by atoms with Gasteiger partial charge >= 0.3 is 0 Å². The van der Waals surface area contributed by atoms with Crippen LogP contribution in [0.15, 0.2) is 70.3 Å². The van der Waals surface area contributed by atoms with Crippen LogP contribution in [0.4, 0.5) is 0 Å². The Bertz CT molecular complexity index is 1010. The van der Waals surface area contributed by atoms with Crippen molar-refractivity contribution in [3.05, 3.63) is 77.7 Å². The molecule has 0 bridgehead atoms. The number of benzene rings is 2. The first kappa shape index (κ1) is 23.1. The number of rotatable bonds is 9. The number of nitrogens with zero attached hydrogens (tertiary/aromatic N) is 3. The maximum atomic E-state index is 5.66. The summed E-state index contributed by atoms with van der Waals surface area (Å²) >= 11 is 0. The Balaban J connectivity index is 1.24. The highest BCUT2D eigenvalue weighted by Crippen LogP contribution is 2.19. The lowest BCUT2D eigenvalue weighted by Gasteiger charge is -2.17. The normalized spacial score (nSPS) is 16.8. The van der Waals surface area contributed by atoms with Crippen molar-refractivity contribution < 1.29 is 4.42 Å². The molecule has 33 heavy (non-hydrogen) atoms. The van der Waals surface area contributed by atoms with E-state index in [2.05, 4.69) is 76.8 Å². The summed E-state index contributed by atoms with van der Waals surface area (Å²) in [5, 5.41) is 6.87. The first-order valence-corrected chi connectivity index (χ1v) is 12.0. The van der Waals surface area contributed by atoms with Crippen LogP contribution >= 0.6 is 0 Å². The maximum absolute atomic E-state index is 5.66. The van der Waals surface area contributed by atoms with Gasteiger partial charge in [0.05, 0.1) is 6.54 Å². The van der Waals surface area contributed by atoms with Crippen LogP contribution in [0.3, 0.4) is 0 Å². The van der Waals surface area contributed by atoms with E-state index >= 15 is 0 Å². The number of guanidine groups is 1. The molecule has 2 heterocycles. The molecule has 1 aromatic heterocycles. The molecule has 1 aliphatic heterocycles. The smallest absolute Gasteiger partial charge is 0.226 e. The Kier molecular flexibility index (Phi) is 8.14. The van der Waals surface area contributed by atoms with Gasteiger partial charge in [0.1, 0.15) is 12.0 Å². The fraction of sp³-hybridized carbons (Fsp3) is 0.407. The lowest BCUT2D eigenvalue weighted by molar-refractivity contribution is 0.328. The Morgan fingerprint density at radius 1 is 1.12 bits per heavy atom. The minimum Gasteiger partial charge on any atom is -0.444 e. The molecule has 2 N–H and O–H groups in total. The van der Waals surface area contributed by atoms with Crippen LogP contribution in [0.1, 0.15) is 30.2 Å². The second-order valence-corrected chi connectivity index (χ2v) is 8.78. The quantitative estimate of drug-likeness (QED) is 0.380. The number of hydrogen-bond donors (Lipinski definition) is 2. The van der Waals surface area contributed by atoms with Crippen LogP contribution in [-0.4, -0.2) is 48.6 Å². The Morgan fingerprint density at radius 2 is 1.94 bits per heavy atom. The Hall–Kier alpha value is -3.12. The molecule has 1 unspecified atom stereocenters. The van der Waals surface area contributed by atoms with Crippen molar-refractivity contribution in [2.45, 2.75) is 33.2 Å².